The van der Waals surface area contributed by atoms with Gasteiger partial charge in [0.1, 0.15) is 0 Å². The van der Waals surface area contributed by atoms with Gasteiger partial charge in [-0.3, -0.25) is 0 Å². The zero-order valence-corrected chi connectivity index (χ0v) is 14.5. The molecule has 2 unspecified atom stereocenters. The summed E-state index contributed by atoms with van der Waals surface area (Å²) in [6.45, 7) is 9.04. The lowest BCUT2D eigenvalue weighted by Crippen LogP contribution is -2.37. The van der Waals surface area contributed by atoms with E-state index in [1.807, 2.05) is 0 Å². The molecule has 2 aliphatic rings. The van der Waals surface area contributed by atoms with Crippen molar-refractivity contribution in [2.45, 2.75) is 45.4 Å². The van der Waals surface area contributed by atoms with Crippen LogP contribution in [0.4, 0.5) is 0 Å². The van der Waals surface area contributed by atoms with E-state index in [2.05, 4.69) is 36.4 Å². The Bertz CT molecular complexity index is 272. The number of hydrogen-bond acceptors (Lipinski definition) is 3. The lowest BCUT2D eigenvalue weighted by Gasteiger charge is -2.34. The summed E-state index contributed by atoms with van der Waals surface area (Å²) < 4.78 is 0. The molecule has 2 aliphatic heterocycles. The summed E-state index contributed by atoms with van der Waals surface area (Å²) in [5.41, 5.74) is 0. The van der Waals surface area contributed by atoms with E-state index < -0.39 is 0 Å². The van der Waals surface area contributed by atoms with E-state index in [1.165, 1.54) is 71.2 Å². The van der Waals surface area contributed by atoms with Gasteiger partial charge in [0.25, 0.3) is 0 Å². The molecule has 0 N–H and O–H groups in total. The highest BCUT2D eigenvalue weighted by molar-refractivity contribution is 7.80. The van der Waals surface area contributed by atoms with Crippen molar-refractivity contribution in [1.29, 1.82) is 0 Å². The lowest BCUT2D eigenvalue weighted by atomic mass is 9.87. The van der Waals surface area contributed by atoms with Gasteiger partial charge in [-0.2, -0.15) is 12.6 Å². The predicted octanol–water partition coefficient (Wildman–Crippen LogP) is 3.39. The summed E-state index contributed by atoms with van der Waals surface area (Å²) in [6, 6.07) is 0. The molecule has 2 nitrogen and oxygen atoms in total. The van der Waals surface area contributed by atoms with Crippen LogP contribution in [-0.2, 0) is 0 Å². The Morgan fingerprint density at radius 3 is 2.60 bits per heavy atom. The highest BCUT2D eigenvalue weighted by Crippen LogP contribution is 2.25. The number of piperidine rings is 2. The summed E-state index contributed by atoms with van der Waals surface area (Å²) in [6.07, 6.45) is 8.47. The van der Waals surface area contributed by atoms with Gasteiger partial charge in [0.2, 0.25) is 0 Å². The molecular weight excluding hydrogens is 264 g/mol. The molecule has 2 heterocycles. The number of rotatable bonds is 6. The maximum atomic E-state index is 4.48. The van der Waals surface area contributed by atoms with Crippen molar-refractivity contribution in [2.24, 2.45) is 17.8 Å². The SMILES string of the molecule is CC(CCN1CCCC(CS)C1)C[C@@H]1CCCN(C)C1. The van der Waals surface area contributed by atoms with Gasteiger partial charge in [0.05, 0.1) is 0 Å². The minimum atomic E-state index is 0.842. The first-order chi connectivity index (χ1) is 9.67. The second-order valence-electron chi connectivity index (χ2n) is 7.39. The highest BCUT2D eigenvalue weighted by Gasteiger charge is 2.21. The molecule has 20 heavy (non-hydrogen) atoms. The number of likely N-dealkylation sites (tertiary alicyclic amines) is 2. The van der Waals surface area contributed by atoms with Crippen LogP contribution in [0.15, 0.2) is 0 Å². The smallest absolute Gasteiger partial charge is 0.00175 e. The Morgan fingerprint density at radius 1 is 1.10 bits per heavy atom. The quantitative estimate of drug-likeness (QED) is 0.751. The van der Waals surface area contributed by atoms with Crippen molar-refractivity contribution >= 4 is 12.6 Å². The Hall–Kier alpha value is 0.270. The molecule has 3 heteroatoms. The molecule has 118 valence electrons. The van der Waals surface area contributed by atoms with Gasteiger partial charge in [-0.05, 0) is 88.7 Å². The molecule has 0 bridgehead atoms. The molecule has 2 rings (SSSR count). The number of hydrogen-bond donors (Lipinski definition) is 1. The van der Waals surface area contributed by atoms with Gasteiger partial charge in [-0.15, -0.1) is 0 Å². The van der Waals surface area contributed by atoms with Crippen LogP contribution < -0.4 is 0 Å². The molecule has 0 amide bonds. The van der Waals surface area contributed by atoms with Crippen LogP contribution in [0, 0.1) is 17.8 Å². The molecule has 0 spiro atoms. The van der Waals surface area contributed by atoms with E-state index in [-0.39, 0.29) is 0 Å². The van der Waals surface area contributed by atoms with Crippen LogP contribution >= 0.6 is 12.6 Å². The second kappa shape index (κ2) is 8.65. The Morgan fingerprint density at radius 2 is 1.85 bits per heavy atom. The first-order valence-electron chi connectivity index (χ1n) is 8.69. The third-order valence-corrected chi connectivity index (χ3v) is 5.77. The molecule has 0 radical (unpaired) electrons. The van der Waals surface area contributed by atoms with Crippen LogP contribution in [0.3, 0.4) is 0 Å². The van der Waals surface area contributed by atoms with E-state index in [9.17, 15) is 0 Å². The van der Waals surface area contributed by atoms with Crippen molar-refractivity contribution in [3.8, 4) is 0 Å². The van der Waals surface area contributed by atoms with Crippen LogP contribution in [-0.4, -0.2) is 55.3 Å². The van der Waals surface area contributed by atoms with E-state index >= 15 is 0 Å². The number of nitrogens with zero attached hydrogens (tertiary/aromatic N) is 2. The van der Waals surface area contributed by atoms with Gasteiger partial charge in [0.15, 0.2) is 0 Å². The molecular formula is C17H34N2S. The Labute approximate surface area is 131 Å². The minimum absolute atomic E-state index is 0.842. The fourth-order valence-corrected chi connectivity index (χ4v) is 4.36. The second-order valence-corrected chi connectivity index (χ2v) is 7.76. The van der Waals surface area contributed by atoms with Crippen molar-refractivity contribution in [3.63, 3.8) is 0 Å². The average Bonchev–Trinajstić information content (AvgIpc) is 2.45. The lowest BCUT2D eigenvalue weighted by molar-refractivity contribution is 0.158. The van der Waals surface area contributed by atoms with Gasteiger partial charge >= 0.3 is 0 Å². The standard InChI is InChI=1S/C17H34N2S/c1-15(11-16-5-3-8-18(2)12-16)7-10-19-9-4-6-17(13-19)14-20/h15-17,20H,3-14H2,1-2H3/t15?,16-,17?/m0/s1. The fraction of sp³-hybridized carbons (Fsp3) is 1.00. The van der Waals surface area contributed by atoms with E-state index in [0.717, 1.165) is 23.5 Å². The van der Waals surface area contributed by atoms with Crippen molar-refractivity contribution in [3.05, 3.63) is 0 Å². The third kappa shape index (κ3) is 5.57. The molecule has 2 fully saturated rings. The average molecular weight is 299 g/mol. The summed E-state index contributed by atoms with van der Waals surface area (Å²) in [7, 11) is 2.28. The van der Waals surface area contributed by atoms with Gasteiger partial charge in [0, 0.05) is 13.1 Å². The molecule has 0 aromatic heterocycles. The van der Waals surface area contributed by atoms with Crippen LogP contribution in [0.1, 0.15) is 45.4 Å². The van der Waals surface area contributed by atoms with Gasteiger partial charge < -0.3 is 9.80 Å². The minimum Gasteiger partial charge on any atom is -0.306 e. The van der Waals surface area contributed by atoms with Crippen LogP contribution in [0.25, 0.3) is 0 Å². The zero-order chi connectivity index (χ0) is 14.4. The van der Waals surface area contributed by atoms with Gasteiger partial charge in [-0.1, -0.05) is 6.92 Å². The molecule has 0 aromatic rings. The largest absolute Gasteiger partial charge is 0.306 e. The van der Waals surface area contributed by atoms with Crippen LogP contribution in [0.5, 0.6) is 0 Å². The fourth-order valence-electron chi connectivity index (χ4n) is 4.06. The van der Waals surface area contributed by atoms with Crippen LogP contribution in [0.2, 0.25) is 0 Å². The van der Waals surface area contributed by atoms with Crippen molar-refractivity contribution in [1.82, 2.24) is 9.80 Å². The topological polar surface area (TPSA) is 6.48 Å². The monoisotopic (exact) mass is 298 g/mol. The number of thiol groups is 1. The molecule has 2 saturated heterocycles. The maximum Gasteiger partial charge on any atom is 0.00175 e. The van der Waals surface area contributed by atoms with Gasteiger partial charge in [-0.25, -0.2) is 0 Å². The predicted molar refractivity (Wildman–Crippen MR) is 91.6 cm³/mol. The summed E-state index contributed by atoms with van der Waals surface area (Å²) >= 11 is 4.48. The first kappa shape index (κ1) is 16.6. The maximum absolute atomic E-state index is 4.48. The summed E-state index contributed by atoms with van der Waals surface area (Å²) in [5.74, 6) is 3.76. The van der Waals surface area contributed by atoms with Crippen molar-refractivity contribution in [2.75, 3.05) is 45.5 Å². The normalized spacial score (nSPS) is 31.4. The Balaban J connectivity index is 1.63. The van der Waals surface area contributed by atoms with Crippen molar-refractivity contribution < 1.29 is 0 Å². The zero-order valence-electron chi connectivity index (χ0n) is 13.6. The molecule has 0 aromatic carbocycles. The Kier molecular flexibility index (Phi) is 7.20. The molecule has 0 saturated carbocycles. The highest BCUT2D eigenvalue weighted by atomic mass is 32.1. The summed E-state index contributed by atoms with van der Waals surface area (Å²) in [4.78, 5) is 5.21. The summed E-state index contributed by atoms with van der Waals surface area (Å²) in [5, 5.41) is 0. The van der Waals surface area contributed by atoms with E-state index in [1.54, 1.807) is 0 Å². The first-order valence-corrected chi connectivity index (χ1v) is 9.32. The molecule has 3 atom stereocenters. The third-order valence-electron chi connectivity index (χ3n) is 5.26. The van der Waals surface area contributed by atoms with E-state index in [4.69, 9.17) is 0 Å². The molecule has 0 aliphatic carbocycles. The van der Waals surface area contributed by atoms with E-state index in [0.29, 0.717) is 0 Å².